The van der Waals surface area contributed by atoms with Crippen molar-refractivity contribution in [1.82, 2.24) is 0 Å². The minimum Gasteiger partial charge on any atom is -0.491 e. The minimum absolute atomic E-state index is 0.0228. The number of hydrogen-bond acceptors (Lipinski definition) is 4. The third-order valence-corrected chi connectivity index (χ3v) is 6.91. The molecule has 0 aromatic heterocycles. The second kappa shape index (κ2) is 10.3. The molecule has 32 heavy (non-hydrogen) atoms. The van der Waals surface area contributed by atoms with Crippen LogP contribution in [-0.4, -0.2) is 27.0 Å². The Morgan fingerprint density at radius 2 is 1.62 bits per heavy atom. The van der Waals surface area contributed by atoms with Gasteiger partial charge in [0.2, 0.25) is 5.91 Å². The van der Waals surface area contributed by atoms with Gasteiger partial charge in [-0.1, -0.05) is 47.5 Å². The number of nitrogens with one attached hydrogen (secondary N) is 1. The van der Waals surface area contributed by atoms with E-state index in [2.05, 4.69) is 5.32 Å². The molecule has 0 spiro atoms. The molecule has 3 aromatic carbocycles. The maximum Gasteiger partial charge on any atom is 0.264 e. The molecule has 1 amide bonds. The van der Waals surface area contributed by atoms with Crippen molar-refractivity contribution in [2.24, 2.45) is 0 Å². The van der Waals surface area contributed by atoms with Gasteiger partial charge in [-0.25, -0.2) is 8.42 Å². The number of sulfonamides is 1. The zero-order valence-electron chi connectivity index (χ0n) is 17.5. The average molecular weight is 493 g/mol. The number of rotatable bonds is 8. The van der Waals surface area contributed by atoms with Crippen molar-refractivity contribution < 1.29 is 17.9 Å². The molecule has 0 unspecified atom stereocenters. The molecule has 0 aliphatic carbocycles. The van der Waals surface area contributed by atoms with E-state index >= 15 is 0 Å². The third-order valence-electron chi connectivity index (χ3n) is 4.33. The summed E-state index contributed by atoms with van der Waals surface area (Å²) in [4.78, 5) is 12.8. The zero-order valence-corrected chi connectivity index (χ0v) is 19.8. The van der Waals surface area contributed by atoms with Crippen molar-refractivity contribution in [3.05, 3.63) is 82.8 Å². The highest BCUT2D eigenvalue weighted by atomic mass is 35.5. The van der Waals surface area contributed by atoms with Crippen LogP contribution in [0.15, 0.2) is 77.7 Å². The largest absolute Gasteiger partial charge is 0.491 e. The Balaban J connectivity index is 1.89. The molecule has 0 aliphatic rings. The van der Waals surface area contributed by atoms with E-state index in [1.54, 1.807) is 54.6 Å². The molecule has 0 fully saturated rings. The first-order valence-electron chi connectivity index (χ1n) is 9.77. The lowest BCUT2D eigenvalue weighted by Gasteiger charge is -2.25. The van der Waals surface area contributed by atoms with Gasteiger partial charge in [-0.15, -0.1) is 0 Å². The Morgan fingerprint density at radius 1 is 0.969 bits per heavy atom. The van der Waals surface area contributed by atoms with Crippen LogP contribution in [0.2, 0.25) is 10.0 Å². The van der Waals surface area contributed by atoms with Crippen molar-refractivity contribution in [1.29, 1.82) is 0 Å². The van der Waals surface area contributed by atoms with Gasteiger partial charge in [0.05, 0.1) is 26.7 Å². The van der Waals surface area contributed by atoms with Crippen molar-refractivity contribution in [2.45, 2.75) is 24.8 Å². The smallest absolute Gasteiger partial charge is 0.264 e. The summed E-state index contributed by atoms with van der Waals surface area (Å²) in [6.45, 7) is 3.33. The monoisotopic (exact) mass is 492 g/mol. The Labute approximate surface area is 197 Å². The molecular formula is C23H22Cl2N2O4S. The summed E-state index contributed by atoms with van der Waals surface area (Å²) in [5.41, 5.74) is 0.610. The fourth-order valence-corrected chi connectivity index (χ4v) is 4.83. The maximum absolute atomic E-state index is 13.4. The molecule has 9 heteroatoms. The van der Waals surface area contributed by atoms with Crippen LogP contribution in [0.25, 0.3) is 0 Å². The fraction of sp³-hybridized carbons (Fsp3) is 0.174. The van der Waals surface area contributed by atoms with Crippen LogP contribution < -0.4 is 14.4 Å². The van der Waals surface area contributed by atoms with E-state index in [0.29, 0.717) is 11.4 Å². The van der Waals surface area contributed by atoms with Crippen LogP contribution in [0.4, 0.5) is 11.4 Å². The van der Waals surface area contributed by atoms with Gasteiger partial charge in [0.25, 0.3) is 10.0 Å². The van der Waals surface area contributed by atoms with Gasteiger partial charge in [-0.05, 0) is 62.4 Å². The highest BCUT2D eigenvalue weighted by Crippen LogP contribution is 2.35. The molecule has 3 aromatic rings. The molecule has 0 heterocycles. The standard InChI is InChI=1S/C23H22Cl2N2O4S/c1-16(2)31-18-13-11-17(12-14-18)26-22(28)15-27(21-10-6-9-20(24)23(21)25)32(29,30)19-7-4-3-5-8-19/h3-14,16H,15H2,1-2H3,(H,26,28). The summed E-state index contributed by atoms with van der Waals surface area (Å²) in [6.07, 6.45) is 0.0228. The molecule has 6 nitrogen and oxygen atoms in total. The third kappa shape index (κ3) is 5.73. The van der Waals surface area contributed by atoms with Crippen LogP contribution in [0, 0.1) is 0 Å². The van der Waals surface area contributed by atoms with E-state index < -0.39 is 22.5 Å². The number of anilines is 2. The molecular weight excluding hydrogens is 471 g/mol. The molecule has 0 radical (unpaired) electrons. The number of ether oxygens (including phenoxy) is 1. The lowest BCUT2D eigenvalue weighted by Crippen LogP contribution is -2.38. The van der Waals surface area contributed by atoms with Crippen LogP contribution in [0.1, 0.15) is 13.8 Å². The van der Waals surface area contributed by atoms with Gasteiger partial charge < -0.3 is 10.1 Å². The molecule has 0 atom stereocenters. The van der Waals surface area contributed by atoms with Crippen LogP contribution in [0.5, 0.6) is 5.75 Å². The Bertz CT molecular complexity index is 1180. The Kier molecular flexibility index (Phi) is 7.66. The molecule has 0 saturated heterocycles. The van der Waals surface area contributed by atoms with Crippen LogP contribution in [0.3, 0.4) is 0 Å². The summed E-state index contributed by atoms with van der Waals surface area (Å²) in [6, 6.07) is 19.2. The fourth-order valence-electron chi connectivity index (χ4n) is 2.92. The molecule has 168 valence electrons. The van der Waals surface area contributed by atoms with Crippen molar-refractivity contribution >= 4 is 50.5 Å². The normalized spacial score (nSPS) is 11.3. The summed E-state index contributed by atoms with van der Waals surface area (Å²) in [5.74, 6) is 0.120. The number of carbonyl (C=O) groups is 1. The Morgan fingerprint density at radius 3 is 2.25 bits per heavy atom. The quantitative estimate of drug-likeness (QED) is 0.442. The predicted octanol–water partition coefficient (Wildman–Crippen LogP) is 5.61. The molecule has 0 bridgehead atoms. The highest BCUT2D eigenvalue weighted by Gasteiger charge is 2.29. The number of hydrogen-bond donors (Lipinski definition) is 1. The van der Waals surface area contributed by atoms with E-state index in [0.717, 1.165) is 4.31 Å². The SMILES string of the molecule is CC(C)Oc1ccc(NC(=O)CN(c2cccc(Cl)c2Cl)S(=O)(=O)c2ccccc2)cc1. The first kappa shape index (κ1) is 23.9. The summed E-state index contributed by atoms with van der Waals surface area (Å²) in [5, 5.41) is 2.92. The number of carbonyl (C=O) groups excluding carboxylic acids is 1. The van der Waals surface area contributed by atoms with E-state index in [1.165, 1.54) is 18.2 Å². The summed E-state index contributed by atoms with van der Waals surface area (Å²) < 4.78 is 33.3. The summed E-state index contributed by atoms with van der Waals surface area (Å²) >= 11 is 12.4. The maximum atomic E-state index is 13.4. The number of nitrogens with zero attached hydrogens (tertiary/aromatic N) is 1. The van der Waals surface area contributed by atoms with Crippen molar-refractivity contribution in [2.75, 3.05) is 16.2 Å². The lowest BCUT2D eigenvalue weighted by molar-refractivity contribution is -0.114. The highest BCUT2D eigenvalue weighted by molar-refractivity contribution is 7.92. The molecule has 1 N–H and O–H groups in total. The second-order valence-electron chi connectivity index (χ2n) is 7.14. The summed E-state index contributed by atoms with van der Waals surface area (Å²) in [7, 11) is -4.09. The van der Waals surface area contributed by atoms with Gasteiger partial charge in [-0.2, -0.15) is 0 Å². The second-order valence-corrected chi connectivity index (χ2v) is 9.78. The zero-order chi connectivity index (χ0) is 23.3. The molecule has 0 saturated carbocycles. The van der Waals surface area contributed by atoms with E-state index in [9.17, 15) is 13.2 Å². The van der Waals surface area contributed by atoms with Crippen LogP contribution >= 0.6 is 23.2 Å². The first-order chi connectivity index (χ1) is 15.2. The lowest BCUT2D eigenvalue weighted by atomic mass is 10.3. The van der Waals surface area contributed by atoms with Gasteiger partial charge in [0.1, 0.15) is 12.3 Å². The number of halogens is 2. The first-order valence-corrected chi connectivity index (χ1v) is 12.0. The van der Waals surface area contributed by atoms with Gasteiger partial charge >= 0.3 is 0 Å². The van der Waals surface area contributed by atoms with E-state index in [1.807, 2.05) is 13.8 Å². The minimum atomic E-state index is -4.09. The molecule has 3 rings (SSSR count). The van der Waals surface area contributed by atoms with E-state index in [4.69, 9.17) is 27.9 Å². The van der Waals surface area contributed by atoms with Crippen molar-refractivity contribution in [3.8, 4) is 5.75 Å². The average Bonchev–Trinajstić information content (AvgIpc) is 2.76. The van der Waals surface area contributed by atoms with Gasteiger partial charge in [-0.3, -0.25) is 9.10 Å². The number of benzene rings is 3. The molecule has 0 aliphatic heterocycles. The Hall–Kier alpha value is -2.74. The van der Waals surface area contributed by atoms with Gasteiger partial charge in [0.15, 0.2) is 0 Å². The van der Waals surface area contributed by atoms with Gasteiger partial charge in [0, 0.05) is 5.69 Å². The topological polar surface area (TPSA) is 75.7 Å². The van der Waals surface area contributed by atoms with Crippen LogP contribution in [-0.2, 0) is 14.8 Å². The van der Waals surface area contributed by atoms with Crippen molar-refractivity contribution in [3.63, 3.8) is 0 Å². The number of amides is 1. The predicted molar refractivity (Wildman–Crippen MR) is 128 cm³/mol. The van der Waals surface area contributed by atoms with E-state index in [-0.39, 0.29) is 26.7 Å².